The Labute approximate surface area is 148 Å². The third-order valence-corrected chi connectivity index (χ3v) is 4.26. The Bertz CT molecular complexity index is 823. The number of nitrogens with one attached hydrogen (secondary N) is 1. The molecule has 1 aromatic heterocycles. The average molecular weight is 359 g/mol. The fourth-order valence-corrected chi connectivity index (χ4v) is 3.35. The molecule has 0 spiro atoms. The molecule has 0 bridgehead atoms. The number of benzene rings is 1. The summed E-state index contributed by atoms with van der Waals surface area (Å²) in [6.07, 6.45) is 1.63. The number of ether oxygens (including phenoxy) is 1. The number of rotatable bonds is 6. The first-order valence-corrected chi connectivity index (χ1v) is 8.33. The number of carboxylic acids is 1. The second-order valence-corrected chi connectivity index (χ2v) is 6.21. The van der Waals surface area contributed by atoms with Crippen molar-refractivity contribution in [1.29, 1.82) is 0 Å². The number of aryl methyl sites for hydroxylation is 1. The van der Waals surface area contributed by atoms with Crippen LogP contribution in [0.4, 0.5) is 5.00 Å². The Balaban J connectivity index is 2.48. The summed E-state index contributed by atoms with van der Waals surface area (Å²) in [5.41, 5.74) is 1.80. The number of carboxylic acid groups (broad SMARTS) is 1. The molecule has 7 heteroatoms. The van der Waals surface area contributed by atoms with Crippen molar-refractivity contribution in [3.05, 3.63) is 52.9 Å². The number of aliphatic carboxylic acids is 1. The lowest BCUT2D eigenvalue weighted by atomic mass is 10.0. The molecule has 0 saturated carbocycles. The van der Waals surface area contributed by atoms with Crippen LogP contribution in [0, 0.1) is 6.92 Å². The van der Waals surface area contributed by atoms with Gasteiger partial charge < -0.3 is 15.2 Å². The van der Waals surface area contributed by atoms with Crippen molar-refractivity contribution in [2.75, 3.05) is 11.9 Å². The van der Waals surface area contributed by atoms with Gasteiger partial charge in [0.2, 0.25) is 5.91 Å². The molecule has 25 heavy (non-hydrogen) atoms. The van der Waals surface area contributed by atoms with Crippen LogP contribution >= 0.6 is 11.3 Å². The van der Waals surface area contributed by atoms with Crippen molar-refractivity contribution in [1.82, 2.24) is 0 Å². The number of anilines is 1. The largest absolute Gasteiger partial charge is 0.478 e. The van der Waals surface area contributed by atoms with Gasteiger partial charge in [-0.15, -0.1) is 11.3 Å². The fraction of sp³-hybridized carbons (Fsp3) is 0.167. The first-order valence-electron chi connectivity index (χ1n) is 7.52. The van der Waals surface area contributed by atoms with E-state index in [2.05, 4.69) is 5.32 Å². The SMILES string of the molecule is CCOC(=O)c1c(NC(=O)C=CC(=O)O)sc(C)c1-c1ccccc1. The van der Waals surface area contributed by atoms with Crippen LogP contribution in [0.2, 0.25) is 0 Å². The predicted molar refractivity (Wildman–Crippen MR) is 95.9 cm³/mol. The van der Waals surface area contributed by atoms with Gasteiger partial charge in [0.05, 0.1) is 6.61 Å². The normalized spacial score (nSPS) is 10.6. The van der Waals surface area contributed by atoms with E-state index in [1.807, 2.05) is 37.3 Å². The van der Waals surface area contributed by atoms with Gasteiger partial charge in [-0.2, -0.15) is 0 Å². The van der Waals surface area contributed by atoms with E-state index in [0.717, 1.165) is 22.6 Å². The first-order chi connectivity index (χ1) is 11.9. The molecule has 0 saturated heterocycles. The molecule has 2 rings (SSSR count). The monoisotopic (exact) mass is 359 g/mol. The van der Waals surface area contributed by atoms with Crippen LogP contribution in [-0.4, -0.2) is 29.6 Å². The lowest BCUT2D eigenvalue weighted by Crippen LogP contribution is -2.13. The molecule has 2 aromatic rings. The summed E-state index contributed by atoms with van der Waals surface area (Å²) in [7, 11) is 0. The molecule has 0 aliphatic carbocycles. The van der Waals surface area contributed by atoms with Gasteiger partial charge in [-0.1, -0.05) is 30.3 Å². The highest BCUT2D eigenvalue weighted by atomic mass is 32.1. The van der Waals surface area contributed by atoms with E-state index in [4.69, 9.17) is 9.84 Å². The van der Waals surface area contributed by atoms with Crippen molar-refractivity contribution in [3.63, 3.8) is 0 Å². The van der Waals surface area contributed by atoms with Crippen molar-refractivity contribution in [2.24, 2.45) is 0 Å². The molecule has 0 atom stereocenters. The maximum Gasteiger partial charge on any atom is 0.341 e. The Hall–Kier alpha value is -2.93. The number of carbonyl (C=O) groups is 3. The summed E-state index contributed by atoms with van der Waals surface area (Å²) in [6.45, 7) is 3.75. The summed E-state index contributed by atoms with van der Waals surface area (Å²) in [6, 6.07) is 9.32. The average Bonchev–Trinajstić information content (AvgIpc) is 2.90. The van der Waals surface area contributed by atoms with Gasteiger partial charge in [-0.3, -0.25) is 4.79 Å². The van der Waals surface area contributed by atoms with Gasteiger partial charge in [0.15, 0.2) is 0 Å². The lowest BCUT2D eigenvalue weighted by molar-refractivity contribution is -0.131. The zero-order chi connectivity index (χ0) is 18.4. The smallest absolute Gasteiger partial charge is 0.341 e. The van der Waals surface area contributed by atoms with E-state index in [1.165, 1.54) is 11.3 Å². The highest BCUT2D eigenvalue weighted by Gasteiger charge is 2.25. The lowest BCUT2D eigenvalue weighted by Gasteiger charge is -2.08. The van der Waals surface area contributed by atoms with Crippen molar-refractivity contribution >= 4 is 34.2 Å². The topological polar surface area (TPSA) is 92.7 Å². The molecule has 0 fully saturated rings. The molecule has 1 aromatic carbocycles. The summed E-state index contributed by atoms with van der Waals surface area (Å²) < 4.78 is 5.13. The number of esters is 1. The minimum absolute atomic E-state index is 0.203. The van der Waals surface area contributed by atoms with Gasteiger partial charge in [-0.25, -0.2) is 9.59 Å². The molecule has 0 unspecified atom stereocenters. The first kappa shape index (κ1) is 18.4. The predicted octanol–water partition coefficient (Wildman–Crippen LogP) is 3.48. The molecule has 1 heterocycles. The maximum atomic E-state index is 12.4. The van der Waals surface area contributed by atoms with Crippen molar-refractivity contribution in [2.45, 2.75) is 13.8 Å². The van der Waals surface area contributed by atoms with E-state index in [0.29, 0.717) is 10.6 Å². The van der Waals surface area contributed by atoms with Crippen molar-refractivity contribution < 1.29 is 24.2 Å². The van der Waals surface area contributed by atoms with Gasteiger partial charge in [0.25, 0.3) is 0 Å². The van der Waals surface area contributed by atoms with E-state index in [-0.39, 0.29) is 12.2 Å². The Morgan fingerprint density at radius 3 is 2.48 bits per heavy atom. The summed E-state index contributed by atoms with van der Waals surface area (Å²) in [4.78, 5) is 35.7. The second-order valence-electron chi connectivity index (χ2n) is 4.98. The van der Waals surface area contributed by atoms with Gasteiger partial charge >= 0.3 is 11.9 Å². The van der Waals surface area contributed by atoms with Crippen LogP contribution < -0.4 is 5.32 Å². The molecule has 130 valence electrons. The Morgan fingerprint density at radius 2 is 1.88 bits per heavy atom. The van der Waals surface area contributed by atoms with Crippen molar-refractivity contribution in [3.8, 4) is 11.1 Å². The van der Waals surface area contributed by atoms with Crippen LogP contribution in [0.5, 0.6) is 0 Å². The van der Waals surface area contributed by atoms with E-state index >= 15 is 0 Å². The number of amides is 1. The van der Waals surface area contributed by atoms with Gasteiger partial charge in [0.1, 0.15) is 10.6 Å². The Morgan fingerprint density at radius 1 is 1.20 bits per heavy atom. The maximum absolute atomic E-state index is 12.4. The van der Waals surface area contributed by atoms with Crippen LogP contribution in [0.15, 0.2) is 42.5 Å². The number of hydrogen-bond acceptors (Lipinski definition) is 5. The molecule has 0 radical (unpaired) electrons. The van der Waals surface area contributed by atoms with Crippen LogP contribution in [-0.2, 0) is 14.3 Å². The third kappa shape index (κ3) is 4.54. The fourth-order valence-electron chi connectivity index (χ4n) is 2.28. The molecule has 6 nitrogen and oxygen atoms in total. The zero-order valence-corrected chi connectivity index (χ0v) is 14.6. The highest BCUT2D eigenvalue weighted by molar-refractivity contribution is 7.17. The third-order valence-electron chi connectivity index (χ3n) is 3.24. The second kappa shape index (κ2) is 8.25. The Kier molecular flexibility index (Phi) is 6.08. The van der Waals surface area contributed by atoms with Crippen LogP contribution in [0.3, 0.4) is 0 Å². The molecule has 0 aliphatic heterocycles. The molecular formula is C18H17NO5S. The van der Waals surface area contributed by atoms with Gasteiger partial charge in [0, 0.05) is 22.6 Å². The molecule has 0 aliphatic rings. The van der Waals surface area contributed by atoms with Gasteiger partial charge in [-0.05, 0) is 19.4 Å². The number of hydrogen-bond donors (Lipinski definition) is 2. The number of thiophene rings is 1. The van der Waals surface area contributed by atoms with E-state index in [1.54, 1.807) is 6.92 Å². The quantitative estimate of drug-likeness (QED) is 0.608. The molecule has 2 N–H and O–H groups in total. The van der Waals surface area contributed by atoms with Crippen LogP contribution in [0.25, 0.3) is 11.1 Å². The zero-order valence-electron chi connectivity index (χ0n) is 13.7. The minimum atomic E-state index is -1.23. The summed E-state index contributed by atoms with van der Waals surface area (Å²) in [5.74, 6) is -2.40. The number of carbonyl (C=O) groups excluding carboxylic acids is 2. The highest BCUT2D eigenvalue weighted by Crippen LogP contribution is 2.40. The molecular weight excluding hydrogens is 342 g/mol. The van der Waals surface area contributed by atoms with E-state index in [9.17, 15) is 14.4 Å². The summed E-state index contributed by atoms with van der Waals surface area (Å²) in [5, 5.41) is 11.5. The minimum Gasteiger partial charge on any atom is -0.478 e. The summed E-state index contributed by atoms with van der Waals surface area (Å²) >= 11 is 1.24. The molecule has 1 amide bonds. The van der Waals surface area contributed by atoms with Crippen LogP contribution in [0.1, 0.15) is 22.2 Å². The van der Waals surface area contributed by atoms with E-state index < -0.39 is 17.8 Å². The standard InChI is InChI=1S/C18H17NO5S/c1-3-24-18(23)16-15(12-7-5-4-6-8-12)11(2)25-17(16)19-13(20)9-10-14(21)22/h4-10H,3H2,1-2H3,(H,19,20)(H,21,22).